The number of rotatable bonds is 8. The zero-order chi connectivity index (χ0) is 22.2. The summed E-state index contributed by atoms with van der Waals surface area (Å²) in [6.45, 7) is 5.09. The molecule has 2 fully saturated rings. The summed E-state index contributed by atoms with van der Waals surface area (Å²) < 4.78 is 24.9. The van der Waals surface area contributed by atoms with Gasteiger partial charge in [0.25, 0.3) is 5.17 Å². The highest BCUT2D eigenvalue weighted by molar-refractivity contribution is 7.80. The third-order valence-corrected chi connectivity index (χ3v) is 5.60. The van der Waals surface area contributed by atoms with Crippen molar-refractivity contribution >= 4 is 34.9 Å². The minimum Gasteiger partial charge on any atom is -0.474 e. The Morgan fingerprint density at radius 1 is 1.42 bits per heavy atom. The van der Waals surface area contributed by atoms with Crippen LogP contribution in [0.25, 0.3) is 10.4 Å². The van der Waals surface area contributed by atoms with Crippen molar-refractivity contribution in [2.45, 2.75) is 12.5 Å². The first-order valence-electron chi connectivity index (χ1n) is 10.1. The minimum absolute atomic E-state index is 0.0543. The van der Waals surface area contributed by atoms with E-state index in [4.69, 9.17) is 27.2 Å². The van der Waals surface area contributed by atoms with Gasteiger partial charge in [-0.3, -0.25) is 9.80 Å². The number of thiocarbonyl (C=S) groups is 1. The lowest BCUT2D eigenvalue weighted by Gasteiger charge is -2.36. The number of piperazine rings is 1. The van der Waals surface area contributed by atoms with Crippen molar-refractivity contribution in [2.24, 2.45) is 5.11 Å². The van der Waals surface area contributed by atoms with Crippen LogP contribution in [0.1, 0.15) is 6.42 Å². The molecule has 0 spiro atoms. The average Bonchev–Trinajstić information content (AvgIpc) is 3.16. The van der Waals surface area contributed by atoms with E-state index >= 15 is 0 Å². The van der Waals surface area contributed by atoms with E-state index in [1.807, 2.05) is 4.90 Å². The summed E-state index contributed by atoms with van der Waals surface area (Å²) in [5, 5.41) is 6.85. The van der Waals surface area contributed by atoms with Crippen molar-refractivity contribution in [1.29, 1.82) is 0 Å². The first-order valence-corrected chi connectivity index (χ1v) is 10.5. The van der Waals surface area contributed by atoms with Crippen LogP contribution in [0.2, 0.25) is 0 Å². The summed E-state index contributed by atoms with van der Waals surface area (Å²) in [5.74, 6) is -0.380. The van der Waals surface area contributed by atoms with Crippen molar-refractivity contribution in [1.82, 2.24) is 10.2 Å². The molecule has 1 aromatic rings. The van der Waals surface area contributed by atoms with E-state index in [2.05, 4.69) is 20.2 Å². The van der Waals surface area contributed by atoms with E-state index in [1.165, 1.54) is 11.0 Å². The monoisotopic (exact) mass is 451 g/mol. The zero-order valence-corrected chi connectivity index (χ0v) is 18.2. The van der Waals surface area contributed by atoms with E-state index < -0.39 is 12.2 Å². The maximum absolute atomic E-state index is 14.8. The molecule has 1 amide bonds. The first-order chi connectivity index (χ1) is 15.0. The number of azide groups is 1. The number of amides is 1. The predicted octanol–water partition coefficient (Wildman–Crippen LogP) is 2.49. The van der Waals surface area contributed by atoms with E-state index in [1.54, 1.807) is 19.2 Å². The normalized spacial score (nSPS) is 19.0. The van der Waals surface area contributed by atoms with Gasteiger partial charge in [-0.1, -0.05) is 5.11 Å². The predicted molar refractivity (Wildman–Crippen MR) is 119 cm³/mol. The van der Waals surface area contributed by atoms with Crippen molar-refractivity contribution in [3.8, 4) is 0 Å². The molecule has 0 aromatic heterocycles. The number of nitrogens with one attached hydrogen (secondary N) is 1. The quantitative estimate of drug-likeness (QED) is 0.213. The summed E-state index contributed by atoms with van der Waals surface area (Å²) >= 11 is 4.95. The number of methoxy groups -OCH3 is 1. The number of anilines is 2. The summed E-state index contributed by atoms with van der Waals surface area (Å²) in [6, 6.07) is 4.76. The van der Waals surface area contributed by atoms with Crippen LogP contribution in [0.3, 0.4) is 0 Å². The molecule has 0 radical (unpaired) electrons. The number of carbonyl (C=O) groups is 1. The minimum atomic E-state index is -0.570. The van der Waals surface area contributed by atoms with Crippen LogP contribution in [0.15, 0.2) is 23.3 Å². The molecule has 3 rings (SSSR count). The maximum atomic E-state index is 14.8. The molecule has 2 aliphatic rings. The van der Waals surface area contributed by atoms with Crippen molar-refractivity contribution in [3.63, 3.8) is 0 Å². The van der Waals surface area contributed by atoms with Gasteiger partial charge in [0.15, 0.2) is 0 Å². The molecule has 1 atom stereocenters. The van der Waals surface area contributed by atoms with Gasteiger partial charge in [-0.15, -0.1) is 0 Å². The lowest BCUT2D eigenvalue weighted by Crippen LogP contribution is -2.47. The van der Waals surface area contributed by atoms with Crippen LogP contribution in [0.4, 0.5) is 20.6 Å². The molecule has 0 saturated carbocycles. The average molecular weight is 452 g/mol. The van der Waals surface area contributed by atoms with Gasteiger partial charge in [0, 0.05) is 37.6 Å². The van der Waals surface area contributed by atoms with Crippen LogP contribution < -0.4 is 15.1 Å². The van der Waals surface area contributed by atoms with Gasteiger partial charge >= 0.3 is 6.09 Å². The fourth-order valence-corrected chi connectivity index (χ4v) is 3.75. The molecule has 0 aliphatic carbocycles. The van der Waals surface area contributed by atoms with Crippen LogP contribution in [-0.4, -0.2) is 81.7 Å². The van der Waals surface area contributed by atoms with Gasteiger partial charge in [0.2, 0.25) is 0 Å². The number of hydrogen-bond donors (Lipinski definition) is 1. The Bertz CT molecular complexity index is 844. The Balaban J connectivity index is 1.50. The van der Waals surface area contributed by atoms with Crippen LogP contribution in [-0.2, 0) is 9.47 Å². The number of cyclic esters (lactones) is 1. The van der Waals surface area contributed by atoms with E-state index in [0.29, 0.717) is 16.5 Å². The molecule has 168 valence electrons. The SMILES string of the molecule is COC(=S)NCCCN1CCN(c2ccc(N3C[C@H](CN=[N+]=[N-])OC3=O)cc2F)CC1. The molecule has 2 aliphatic heterocycles. The molecule has 1 aromatic carbocycles. The molecular formula is C19H26FN7O3S. The highest BCUT2D eigenvalue weighted by Gasteiger charge is 2.32. The van der Waals surface area contributed by atoms with Gasteiger partial charge in [-0.25, -0.2) is 9.18 Å². The summed E-state index contributed by atoms with van der Waals surface area (Å²) in [6.07, 6.45) is -0.154. The highest BCUT2D eigenvalue weighted by atomic mass is 32.1. The Morgan fingerprint density at radius 3 is 2.87 bits per heavy atom. The van der Waals surface area contributed by atoms with E-state index in [9.17, 15) is 9.18 Å². The van der Waals surface area contributed by atoms with E-state index in [0.717, 1.165) is 45.7 Å². The third-order valence-electron chi connectivity index (χ3n) is 5.28. The van der Waals surface area contributed by atoms with Crippen LogP contribution >= 0.6 is 12.2 Å². The molecule has 2 heterocycles. The topological polar surface area (TPSA) is 106 Å². The lowest BCUT2D eigenvalue weighted by atomic mass is 10.2. The third kappa shape index (κ3) is 6.09. The highest BCUT2D eigenvalue weighted by Crippen LogP contribution is 2.28. The summed E-state index contributed by atoms with van der Waals surface area (Å²) in [4.78, 5) is 20.4. The number of halogens is 1. The van der Waals surface area contributed by atoms with Gasteiger partial charge in [0.1, 0.15) is 11.9 Å². The van der Waals surface area contributed by atoms with Gasteiger partial charge < -0.3 is 19.7 Å². The lowest BCUT2D eigenvalue weighted by molar-refractivity contribution is 0.145. The zero-order valence-electron chi connectivity index (χ0n) is 17.4. The van der Waals surface area contributed by atoms with Crippen molar-refractivity contribution in [2.75, 3.05) is 69.3 Å². The van der Waals surface area contributed by atoms with Crippen molar-refractivity contribution in [3.05, 3.63) is 34.5 Å². The van der Waals surface area contributed by atoms with Gasteiger partial charge in [-0.2, -0.15) is 0 Å². The summed E-state index contributed by atoms with van der Waals surface area (Å²) in [7, 11) is 1.54. The van der Waals surface area contributed by atoms with Crippen molar-refractivity contribution < 1.29 is 18.7 Å². The number of ether oxygens (including phenoxy) is 2. The molecule has 2 saturated heterocycles. The molecule has 10 nitrogen and oxygen atoms in total. The Labute approximate surface area is 185 Å². The number of hydrogen-bond acceptors (Lipinski definition) is 7. The van der Waals surface area contributed by atoms with E-state index in [-0.39, 0.29) is 18.9 Å². The Morgan fingerprint density at radius 2 is 2.19 bits per heavy atom. The number of benzene rings is 1. The molecular weight excluding hydrogens is 425 g/mol. The second kappa shape index (κ2) is 11.0. The fraction of sp³-hybridized carbons (Fsp3) is 0.579. The van der Waals surface area contributed by atoms with Crippen LogP contribution in [0, 0.1) is 5.82 Å². The molecule has 1 N–H and O–H groups in total. The number of nitrogens with zero attached hydrogens (tertiary/aromatic N) is 6. The molecule has 0 unspecified atom stereocenters. The largest absolute Gasteiger partial charge is 0.474 e. The second-order valence-electron chi connectivity index (χ2n) is 7.27. The summed E-state index contributed by atoms with van der Waals surface area (Å²) in [5.41, 5.74) is 9.35. The van der Waals surface area contributed by atoms with Gasteiger partial charge in [-0.05, 0) is 48.9 Å². The van der Waals surface area contributed by atoms with Gasteiger partial charge in [0.05, 0.1) is 31.6 Å². The number of carbonyl (C=O) groups excluding carboxylic acids is 1. The fourth-order valence-electron chi connectivity index (χ4n) is 3.65. The molecule has 12 heteroatoms. The Kier molecular flexibility index (Phi) is 8.10. The Hall–Kier alpha value is -2.82. The second-order valence-corrected chi connectivity index (χ2v) is 7.64. The molecule has 0 bridgehead atoms. The van der Waals surface area contributed by atoms with Crippen LogP contribution in [0.5, 0.6) is 0 Å². The standard InChI is InChI=1S/C19H26FN7O3S/c1-29-18(31)22-5-2-6-25-7-9-26(10-8-25)17-4-3-14(11-16(17)20)27-13-15(12-23-24-21)30-19(27)28/h3-4,11,15H,2,5-10,12-13H2,1H3,(H,22,31)/t15-/m0/s1. The maximum Gasteiger partial charge on any atom is 0.414 e. The molecule has 31 heavy (non-hydrogen) atoms. The first kappa shape index (κ1) is 22.9. The smallest absolute Gasteiger partial charge is 0.414 e.